The Balaban J connectivity index is 2.28. The molecule has 0 N–H and O–H groups in total. The van der Waals surface area contributed by atoms with Crippen molar-refractivity contribution in [2.45, 2.75) is 6.92 Å². The average molecular weight is 379 g/mol. The lowest BCUT2D eigenvalue weighted by Crippen LogP contribution is -2.07. The normalized spacial score (nSPS) is 10.8. The quantitative estimate of drug-likeness (QED) is 0.257. The van der Waals surface area contributed by atoms with E-state index in [1.807, 2.05) is 14.1 Å². The number of hydrogen-bond donors (Lipinski definition) is 0. The number of nitro benzene ring substituents is 1. The molecule has 0 unspecified atom stereocenters. The van der Waals surface area contributed by atoms with Crippen molar-refractivity contribution in [2.24, 2.45) is 4.99 Å². The van der Waals surface area contributed by atoms with Crippen LogP contribution in [0, 0.1) is 17.0 Å². The monoisotopic (exact) mass is 378 g/mol. The fourth-order valence-corrected chi connectivity index (χ4v) is 2.16. The molecule has 1 aromatic heterocycles. The van der Waals surface area contributed by atoms with Gasteiger partial charge < -0.3 is 9.64 Å². The fourth-order valence-electron chi connectivity index (χ4n) is 1.75. The van der Waals surface area contributed by atoms with Gasteiger partial charge in [0.05, 0.1) is 11.3 Å². The van der Waals surface area contributed by atoms with Gasteiger partial charge in [-0.15, -0.1) is 0 Å². The lowest BCUT2D eigenvalue weighted by atomic mass is 10.2. The van der Waals surface area contributed by atoms with Gasteiger partial charge >= 0.3 is 0 Å². The van der Waals surface area contributed by atoms with Gasteiger partial charge in [0.2, 0.25) is 0 Å². The molecule has 8 heteroatoms. The van der Waals surface area contributed by atoms with Crippen LogP contribution in [-0.4, -0.2) is 35.2 Å². The summed E-state index contributed by atoms with van der Waals surface area (Å²) in [6.45, 7) is 1.75. The molecule has 0 aliphatic rings. The van der Waals surface area contributed by atoms with Crippen LogP contribution in [-0.2, 0) is 0 Å². The maximum Gasteiger partial charge on any atom is 0.269 e. The van der Waals surface area contributed by atoms with E-state index in [-0.39, 0.29) is 5.69 Å². The number of nitro groups is 1. The highest BCUT2D eigenvalue weighted by Crippen LogP contribution is 2.31. The Labute approximate surface area is 141 Å². The van der Waals surface area contributed by atoms with Crippen LogP contribution in [0.1, 0.15) is 5.56 Å². The van der Waals surface area contributed by atoms with Crippen molar-refractivity contribution in [3.05, 3.63) is 50.6 Å². The van der Waals surface area contributed by atoms with Gasteiger partial charge in [0.25, 0.3) is 5.69 Å². The zero-order valence-corrected chi connectivity index (χ0v) is 14.4. The number of aryl methyl sites for hydroxylation is 1. The zero-order chi connectivity index (χ0) is 17.0. The fraction of sp³-hybridized carbons (Fsp3) is 0.200. The molecular weight excluding hydrogens is 364 g/mol. The Bertz CT molecular complexity index is 762. The summed E-state index contributed by atoms with van der Waals surface area (Å²) in [5.41, 5.74) is 0.701. The molecule has 0 radical (unpaired) electrons. The molecule has 0 amide bonds. The first-order chi connectivity index (χ1) is 10.8. The second kappa shape index (κ2) is 7.19. The van der Waals surface area contributed by atoms with E-state index in [9.17, 15) is 10.1 Å². The Kier molecular flexibility index (Phi) is 5.28. The maximum absolute atomic E-state index is 10.8. The van der Waals surface area contributed by atoms with Gasteiger partial charge in [-0.1, -0.05) is 0 Å². The van der Waals surface area contributed by atoms with Crippen LogP contribution < -0.4 is 4.74 Å². The molecule has 2 aromatic rings. The van der Waals surface area contributed by atoms with Gasteiger partial charge in [-0.25, -0.2) is 9.98 Å². The Morgan fingerprint density at radius 1 is 1.35 bits per heavy atom. The van der Waals surface area contributed by atoms with E-state index >= 15 is 0 Å². The van der Waals surface area contributed by atoms with Crippen LogP contribution in [0.2, 0.25) is 0 Å². The molecule has 0 spiro atoms. The van der Waals surface area contributed by atoms with Gasteiger partial charge in [0.15, 0.2) is 5.82 Å². The molecule has 0 bridgehead atoms. The van der Waals surface area contributed by atoms with Gasteiger partial charge in [0, 0.05) is 38.4 Å². The first kappa shape index (κ1) is 16.9. The van der Waals surface area contributed by atoms with E-state index in [2.05, 4.69) is 25.9 Å². The molecule has 0 atom stereocenters. The first-order valence-electron chi connectivity index (χ1n) is 6.66. The number of halogens is 1. The minimum Gasteiger partial charge on any atom is -0.457 e. The molecule has 0 saturated heterocycles. The van der Waals surface area contributed by atoms with Crippen molar-refractivity contribution in [1.82, 2.24) is 9.88 Å². The Hall–Kier alpha value is -2.48. The summed E-state index contributed by atoms with van der Waals surface area (Å²) in [6, 6.07) is 7.84. The van der Waals surface area contributed by atoms with Gasteiger partial charge in [-0.05, 0) is 34.5 Å². The van der Waals surface area contributed by atoms with Crippen molar-refractivity contribution in [3.63, 3.8) is 0 Å². The molecule has 0 saturated carbocycles. The van der Waals surface area contributed by atoms with Crippen molar-refractivity contribution in [1.29, 1.82) is 0 Å². The molecule has 0 fully saturated rings. The van der Waals surface area contributed by atoms with Crippen molar-refractivity contribution in [3.8, 4) is 11.5 Å². The maximum atomic E-state index is 10.8. The second-order valence-electron chi connectivity index (χ2n) is 5.00. The SMILES string of the molecule is Cc1cc([N+](=O)[O-])ccc1Oc1cc(Br)nc(/N=C\N(C)C)c1. The van der Waals surface area contributed by atoms with E-state index in [1.54, 1.807) is 36.4 Å². The number of aromatic nitrogens is 1. The molecule has 7 nitrogen and oxygen atoms in total. The van der Waals surface area contributed by atoms with Crippen LogP contribution >= 0.6 is 15.9 Å². The number of rotatable bonds is 5. The third-order valence-electron chi connectivity index (χ3n) is 2.77. The number of non-ortho nitro benzene ring substituents is 1. The topological polar surface area (TPSA) is 80.9 Å². The zero-order valence-electron chi connectivity index (χ0n) is 12.9. The molecule has 1 heterocycles. The number of ether oxygens (including phenoxy) is 1. The first-order valence-corrected chi connectivity index (χ1v) is 7.45. The standard InChI is InChI=1S/C15H15BrN4O3/c1-10-6-11(20(21)22)4-5-13(10)23-12-7-14(16)18-15(8-12)17-9-19(2)3/h4-9H,1-3H3/b17-9-. The van der Waals surface area contributed by atoms with Gasteiger partial charge in [-0.3, -0.25) is 10.1 Å². The number of aliphatic imine (C=N–C) groups is 1. The predicted molar refractivity (Wildman–Crippen MR) is 91.7 cm³/mol. The number of hydrogen-bond acceptors (Lipinski definition) is 5. The lowest BCUT2D eigenvalue weighted by Gasteiger charge is -2.09. The van der Waals surface area contributed by atoms with Crippen LogP contribution in [0.25, 0.3) is 0 Å². The van der Waals surface area contributed by atoms with Crippen LogP contribution in [0.3, 0.4) is 0 Å². The van der Waals surface area contributed by atoms with Crippen LogP contribution in [0.15, 0.2) is 39.9 Å². The molecule has 0 aliphatic carbocycles. The molecule has 0 aliphatic heterocycles. The van der Waals surface area contributed by atoms with E-state index in [0.717, 1.165) is 0 Å². The minimum absolute atomic E-state index is 0.0297. The van der Waals surface area contributed by atoms with Gasteiger partial charge in [-0.2, -0.15) is 0 Å². The van der Waals surface area contributed by atoms with Gasteiger partial charge in [0.1, 0.15) is 16.1 Å². The van der Waals surface area contributed by atoms with Crippen LogP contribution in [0.4, 0.5) is 11.5 Å². The summed E-state index contributed by atoms with van der Waals surface area (Å²) in [7, 11) is 3.72. The largest absolute Gasteiger partial charge is 0.457 e. The lowest BCUT2D eigenvalue weighted by molar-refractivity contribution is -0.384. The van der Waals surface area contributed by atoms with E-state index < -0.39 is 4.92 Å². The van der Waals surface area contributed by atoms with E-state index in [0.29, 0.717) is 27.5 Å². The summed E-state index contributed by atoms with van der Waals surface area (Å²) >= 11 is 3.31. The highest BCUT2D eigenvalue weighted by molar-refractivity contribution is 9.10. The summed E-state index contributed by atoms with van der Waals surface area (Å²) in [5, 5.41) is 10.8. The van der Waals surface area contributed by atoms with E-state index in [4.69, 9.17) is 4.74 Å². The van der Waals surface area contributed by atoms with Crippen molar-refractivity contribution in [2.75, 3.05) is 14.1 Å². The minimum atomic E-state index is -0.437. The average Bonchev–Trinajstić information content (AvgIpc) is 2.46. The van der Waals surface area contributed by atoms with Crippen molar-refractivity contribution < 1.29 is 9.66 Å². The second-order valence-corrected chi connectivity index (χ2v) is 5.81. The number of pyridine rings is 1. The summed E-state index contributed by atoms with van der Waals surface area (Å²) < 4.78 is 6.38. The molecule has 120 valence electrons. The number of nitrogens with zero attached hydrogens (tertiary/aromatic N) is 4. The Morgan fingerprint density at radius 2 is 2.09 bits per heavy atom. The molecule has 1 aromatic carbocycles. The molecule has 2 rings (SSSR count). The highest BCUT2D eigenvalue weighted by atomic mass is 79.9. The summed E-state index contributed by atoms with van der Waals surface area (Å²) in [6.07, 6.45) is 1.63. The predicted octanol–water partition coefficient (Wildman–Crippen LogP) is 4.07. The Morgan fingerprint density at radius 3 is 2.70 bits per heavy atom. The molecular formula is C15H15BrN4O3. The van der Waals surface area contributed by atoms with Crippen molar-refractivity contribution >= 4 is 33.8 Å². The smallest absolute Gasteiger partial charge is 0.269 e. The number of benzene rings is 1. The third-order valence-corrected chi connectivity index (χ3v) is 3.18. The third kappa shape index (κ3) is 4.75. The summed E-state index contributed by atoms with van der Waals surface area (Å²) in [4.78, 5) is 20.6. The highest BCUT2D eigenvalue weighted by Gasteiger charge is 2.10. The molecule has 23 heavy (non-hydrogen) atoms. The summed E-state index contributed by atoms with van der Waals surface area (Å²) in [5.74, 6) is 1.56. The van der Waals surface area contributed by atoms with E-state index in [1.165, 1.54) is 12.1 Å². The van der Waals surface area contributed by atoms with Crippen LogP contribution in [0.5, 0.6) is 11.5 Å².